The third kappa shape index (κ3) is 4.17. The minimum absolute atomic E-state index is 0.0663. The van der Waals surface area contributed by atoms with Crippen LogP contribution in [-0.2, 0) is 21.3 Å². The van der Waals surface area contributed by atoms with Crippen LogP contribution in [0.25, 0.3) is 0 Å². The van der Waals surface area contributed by atoms with Crippen LogP contribution in [0.5, 0.6) is 0 Å². The first-order valence-electron chi connectivity index (χ1n) is 6.94. The van der Waals surface area contributed by atoms with Gasteiger partial charge in [-0.05, 0) is 50.1 Å². The molecule has 1 saturated carbocycles. The quantitative estimate of drug-likeness (QED) is 0.835. The normalized spacial score (nSPS) is 22.6. The summed E-state index contributed by atoms with van der Waals surface area (Å²) in [6.45, 7) is 0.525. The van der Waals surface area contributed by atoms with Crippen LogP contribution in [0.2, 0.25) is 5.02 Å². The van der Waals surface area contributed by atoms with Gasteiger partial charge in [0.05, 0.1) is 11.0 Å². The van der Waals surface area contributed by atoms with E-state index in [4.69, 9.17) is 16.3 Å². The van der Waals surface area contributed by atoms with Crippen molar-refractivity contribution in [3.8, 4) is 0 Å². The lowest BCUT2D eigenvalue weighted by molar-refractivity contribution is 0.107. The molecule has 2 N–H and O–H groups in total. The smallest absolute Gasteiger partial charge is 0.240 e. The van der Waals surface area contributed by atoms with Crippen molar-refractivity contribution in [1.29, 1.82) is 0 Å². The van der Waals surface area contributed by atoms with Gasteiger partial charge < -0.3 is 10.1 Å². The molecule has 0 saturated heterocycles. The van der Waals surface area contributed by atoms with Crippen LogP contribution < -0.4 is 10.0 Å². The first kappa shape index (κ1) is 16.7. The lowest BCUT2D eigenvalue weighted by atomic mass is 10.2. The van der Waals surface area contributed by atoms with Gasteiger partial charge in [-0.15, -0.1) is 0 Å². The van der Waals surface area contributed by atoms with Gasteiger partial charge in [-0.3, -0.25) is 0 Å². The molecule has 1 aliphatic rings. The van der Waals surface area contributed by atoms with Gasteiger partial charge in [-0.1, -0.05) is 11.6 Å². The summed E-state index contributed by atoms with van der Waals surface area (Å²) in [5.41, 5.74) is 0.767. The number of ether oxygens (including phenoxy) is 1. The number of rotatable bonds is 6. The number of benzene rings is 1. The molecule has 0 aliphatic heterocycles. The zero-order chi connectivity index (χ0) is 15.5. The topological polar surface area (TPSA) is 67.4 Å². The molecule has 0 bridgehead atoms. The second-order valence-electron chi connectivity index (χ2n) is 5.27. The van der Waals surface area contributed by atoms with Crippen molar-refractivity contribution in [3.63, 3.8) is 0 Å². The number of hydrogen-bond donors (Lipinski definition) is 2. The second-order valence-corrected chi connectivity index (χ2v) is 7.39. The minimum Gasteiger partial charge on any atom is -0.381 e. The maximum absolute atomic E-state index is 12.4. The molecule has 2 atom stereocenters. The van der Waals surface area contributed by atoms with Crippen molar-refractivity contribution in [2.75, 3.05) is 14.2 Å². The molecule has 0 amide bonds. The summed E-state index contributed by atoms with van der Waals surface area (Å²) in [4.78, 5) is 0.248. The molecule has 0 spiro atoms. The van der Waals surface area contributed by atoms with Crippen LogP contribution in [0.3, 0.4) is 0 Å². The van der Waals surface area contributed by atoms with E-state index in [1.165, 1.54) is 6.07 Å². The molecule has 1 aromatic rings. The van der Waals surface area contributed by atoms with E-state index in [1.54, 1.807) is 26.3 Å². The fourth-order valence-electron chi connectivity index (χ4n) is 2.59. The van der Waals surface area contributed by atoms with Gasteiger partial charge in [0, 0.05) is 24.7 Å². The predicted molar refractivity (Wildman–Crippen MR) is 83.0 cm³/mol. The highest BCUT2D eigenvalue weighted by Crippen LogP contribution is 2.25. The van der Waals surface area contributed by atoms with Crippen LogP contribution >= 0.6 is 11.6 Å². The summed E-state index contributed by atoms with van der Waals surface area (Å²) in [6.07, 6.45) is 2.54. The molecule has 1 fully saturated rings. The third-order valence-corrected chi connectivity index (χ3v) is 5.62. The van der Waals surface area contributed by atoms with E-state index in [-0.39, 0.29) is 17.0 Å². The number of halogens is 1. The van der Waals surface area contributed by atoms with Gasteiger partial charge in [-0.25, -0.2) is 13.1 Å². The number of nitrogens with one attached hydrogen (secondary N) is 2. The lowest BCUT2D eigenvalue weighted by Gasteiger charge is -2.14. The lowest BCUT2D eigenvalue weighted by Crippen LogP contribution is -2.33. The summed E-state index contributed by atoms with van der Waals surface area (Å²) in [5, 5.41) is 3.53. The van der Waals surface area contributed by atoms with Gasteiger partial charge in [0.25, 0.3) is 0 Å². The van der Waals surface area contributed by atoms with Crippen molar-refractivity contribution in [1.82, 2.24) is 10.0 Å². The molecular formula is C14H21ClN2O3S. The fraction of sp³-hybridized carbons (Fsp3) is 0.571. The standard InChI is InChI=1S/C14H21ClN2O3S/c1-16-9-10-7-13(5-6-14(10)15)21(18,19)17-11-3-4-12(8-11)20-2/h5-7,11-12,16-17H,3-4,8-9H2,1-2H3. The molecule has 7 heteroatoms. The fourth-order valence-corrected chi connectivity index (χ4v) is 4.11. The molecule has 0 aromatic heterocycles. The molecule has 21 heavy (non-hydrogen) atoms. The maximum Gasteiger partial charge on any atom is 0.240 e. The summed E-state index contributed by atoms with van der Waals surface area (Å²) >= 11 is 6.06. The highest BCUT2D eigenvalue weighted by Gasteiger charge is 2.28. The highest BCUT2D eigenvalue weighted by molar-refractivity contribution is 7.89. The van der Waals surface area contributed by atoms with Gasteiger partial charge in [0.2, 0.25) is 10.0 Å². The zero-order valence-corrected chi connectivity index (χ0v) is 13.8. The average molecular weight is 333 g/mol. The first-order valence-corrected chi connectivity index (χ1v) is 8.80. The Morgan fingerprint density at radius 2 is 2.14 bits per heavy atom. The second kappa shape index (κ2) is 7.07. The Kier molecular flexibility index (Phi) is 5.62. The van der Waals surface area contributed by atoms with Gasteiger partial charge in [-0.2, -0.15) is 0 Å². The number of hydrogen-bond acceptors (Lipinski definition) is 4. The van der Waals surface area contributed by atoms with E-state index in [2.05, 4.69) is 10.0 Å². The Bertz CT molecular complexity index is 592. The Labute approximate surface area is 131 Å². The maximum atomic E-state index is 12.4. The van der Waals surface area contributed by atoms with Crippen molar-refractivity contribution in [2.45, 2.75) is 42.8 Å². The molecule has 2 unspecified atom stereocenters. The minimum atomic E-state index is -3.52. The Morgan fingerprint density at radius 3 is 2.76 bits per heavy atom. The third-order valence-electron chi connectivity index (χ3n) is 3.73. The SMILES string of the molecule is CNCc1cc(S(=O)(=O)NC2CCC(OC)C2)ccc1Cl. The van der Waals surface area contributed by atoms with E-state index >= 15 is 0 Å². The molecule has 1 aromatic carbocycles. The molecular weight excluding hydrogens is 312 g/mol. The van der Waals surface area contributed by atoms with Gasteiger partial charge >= 0.3 is 0 Å². The Morgan fingerprint density at radius 1 is 1.38 bits per heavy atom. The van der Waals surface area contributed by atoms with Crippen molar-refractivity contribution >= 4 is 21.6 Å². The van der Waals surface area contributed by atoms with E-state index in [1.807, 2.05) is 0 Å². The highest BCUT2D eigenvalue weighted by atomic mass is 35.5. The first-order chi connectivity index (χ1) is 9.96. The van der Waals surface area contributed by atoms with Crippen LogP contribution in [-0.4, -0.2) is 34.7 Å². The largest absolute Gasteiger partial charge is 0.381 e. The summed E-state index contributed by atoms with van der Waals surface area (Å²) in [5.74, 6) is 0. The van der Waals surface area contributed by atoms with E-state index in [0.29, 0.717) is 18.0 Å². The van der Waals surface area contributed by atoms with E-state index in [9.17, 15) is 8.42 Å². The molecule has 0 heterocycles. The monoisotopic (exact) mass is 332 g/mol. The van der Waals surface area contributed by atoms with E-state index in [0.717, 1.165) is 18.4 Å². The van der Waals surface area contributed by atoms with Crippen molar-refractivity contribution < 1.29 is 13.2 Å². The van der Waals surface area contributed by atoms with Gasteiger partial charge in [0.15, 0.2) is 0 Å². The number of methoxy groups -OCH3 is 1. The average Bonchev–Trinajstić information content (AvgIpc) is 2.88. The van der Waals surface area contributed by atoms with Crippen molar-refractivity contribution in [3.05, 3.63) is 28.8 Å². The Balaban J connectivity index is 2.14. The molecule has 0 radical (unpaired) electrons. The van der Waals surface area contributed by atoms with Gasteiger partial charge in [0.1, 0.15) is 0 Å². The van der Waals surface area contributed by atoms with Crippen LogP contribution in [0.4, 0.5) is 0 Å². The zero-order valence-electron chi connectivity index (χ0n) is 12.2. The predicted octanol–water partition coefficient (Wildman–Crippen LogP) is 1.91. The van der Waals surface area contributed by atoms with Crippen LogP contribution in [0.15, 0.2) is 23.1 Å². The summed E-state index contributed by atoms with van der Waals surface area (Å²) in [7, 11) is -0.0765. The molecule has 1 aliphatic carbocycles. The molecule has 5 nitrogen and oxygen atoms in total. The van der Waals surface area contributed by atoms with E-state index < -0.39 is 10.0 Å². The molecule has 118 valence electrons. The Hall–Kier alpha value is -0.660. The van der Waals surface area contributed by atoms with Crippen molar-refractivity contribution in [2.24, 2.45) is 0 Å². The van der Waals surface area contributed by atoms with Crippen LogP contribution in [0, 0.1) is 0 Å². The number of sulfonamides is 1. The summed E-state index contributed by atoms with van der Waals surface area (Å²) in [6, 6.07) is 4.70. The van der Waals surface area contributed by atoms with Crippen LogP contribution in [0.1, 0.15) is 24.8 Å². The molecule has 2 rings (SSSR count). The summed E-state index contributed by atoms with van der Waals surface area (Å²) < 4.78 is 32.9.